The number of nitrogens with one attached hydrogen (secondary N) is 1. The van der Waals surface area contributed by atoms with Crippen molar-refractivity contribution < 1.29 is 4.21 Å². The largest absolute Gasteiger partial charge is 0.313 e. The van der Waals surface area contributed by atoms with Gasteiger partial charge in [-0.05, 0) is 18.8 Å². The van der Waals surface area contributed by atoms with Gasteiger partial charge < -0.3 is 5.32 Å². The molecule has 0 saturated heterocycles. The summed E-state index contributed by atoms with van der Waals surface area (Å²) in [7, 11) is -0.605. The fourth-order valence-corrected chi connectivity index (χ4v) is 2.76. The fourth-order valence-electron chi connectivity index (χ4n) is 2.12. The van der Waals surface area contributed by atoms with Crippen molar-refractivity contribution >= 4 is 10.8 Å². The summed E-state index contributed by atoms with van der Waals surface area (Å²) in [6.07, 6.45) is 5.41. The maximum Gasteiger partial charge on any atom is 0.0360 e. The van der Waals surface area contributed by atoms with Gasteiger partial charge in [0.05, 0.1) is 0 Å². The maximum absolute atomic E-state index is 11.2. The van der Waals surface area contributed by atoms with E-state index in [0.717, 1.165) is 24.0 Å². The molecular weight excluding hydrogens is 194 g/mol. The second kappa shape index (κ2) is 6.57. The molecular formula is C11H23NOS. The Morgan fingerprint density at radius 3 is 2.71 bits per heavy atom. The van der Waals surface area contributed by atoms with Crippen molar-refractivity contribution in [3.05, 3.63) is 0 Å². The van der Waals surface area contributed by atoms with Gasteiger partial charge in [0.1, 0.15) is 0 Å². The average Bonchev–Trinajstić information content (AvgIpc) is 2.20. The van der Waals surface area contributed by atoms with Crippen LogP contribution in [0.2, 0.25) is 0 Å². The van der Waals surface area contributed by atoms with Gasteiger partial charge in [0.15, 0.2) is 0 Å². The summed E-state index contributed by atoms with van der Waals surface area (Å²) in [6, 6.07) is 0.678. The molecule has 0 spiro atoms. The summed E-state index contributed by atoms with van der Waals surface area (Å²) in [5, 5.41) is 3.54. The molecule has 84 valence electrons. The normalized spacial score (nSPS) is 30.1. The molecule has 14 heavy (non-hydrogen) atoms. The SMILES string of the molecule is CCS(=O)CCNC1CCCCC1C. The molecule has 0 aromatic heterocycles. The third-order valence-electron chi connectivity index (χ3n) is 3.17. The van der Waals surface area contributed by atoms with Crippen LogP contribution in [-0.2, 0) is 10.8 Å². The first kappa shape index (κ1) is 12.2. The highest BCUT2D eigenvalue weighted by molar-refractivity contribution is 7.84. The highest BCUT2D eigenvalue weighted by Crippen LogP contribution is 2.23. The van der Waals surface area contributed by atoms with E-state index in [1.54, 1.807) is 0 Å². The minimum atomic E-state index is -0.605. The van der Waals surface area contributed by atoms with Crippen LogP contribution in [0.5, 0.6) is 0 Å². The zero-order chi connectivity index (χ0) is 10.4. The third-order valence-corrected chi connectivity index (χ3v) is 4.47. The molecule has 3 unspecified atom stereocenters. The maximum atomic E-state index is 11.2. The summed E-state index contributed by atoms with van der Waals surface area (Å²) in [6.45, 7) is 5.24. The van der Waals surface area contributed by atoms with Crippen LogP contribution in [0.25, 0.3) is 0 Å². The van der Waals surface area contributed by atoms with E-state index < -0.39 is 10.8 Å². The second-order valence-corrected chi connectivity index (χ2v) is 6.12. The Labute approximate surface area is 90.3 Å². The van der Waals surface area contributed by atoms with Crippen LogP contribution in [-0.4, -0.2) is 28.3 Å². The highest BCUT2D eigenvalue weighted by atomic mass is 32.2. The molecule has 1 rings (SSSR count). The lowest BCUT2D eigenvalue weighted by Gasteiger charge is -2.29. The van der Waals surface area contributed by atoms with Gasteiger partial charge in [-0.3, -0.25) is 4.21 Å². The number of hydrogen-bond acceptors (Lipinski definition) is 2. The Morgan fingerprint density at radius 1 is 1.36 bits per heavy atom. The molecule has 0 amide bonds. The zero-order valence-electron chi connectivity index (χ0n) is 9.42. The third kappa shape index (κ3) is 4.09. The molecule has 0 bridgehead atoms. The summed E-state index contributed by atoms with van der Waals surface area (Å²) in [4.78, 5) is 0. The van der Waals surface area contributed by atoms with Crippen LogP contribution in [0.1, 0.15) is 39.5 Å². The van der Waals surface area contributed by atoms with Crippen LogP contribution < -0.4 is 5.32 Å². The van der Waals surface area contributed by atoms with Crippen LogP contribution >= 0.6 is 0 Å². The Balaban J connectivity index is 2.13. The van der Waals surface area contributed by atoms with Crippen molar-refractivity contribution in [3.63, 3.8) is 0 Å². The summed E-state index contributed by atoms with van der Waals surface area (Å²) < 4.78 is 11.2. The molecule has 0 aromatic carbocycles. The smallest absolute Gasteiger partial charge is 0.0360 e. The lowest BCUT2D eigenvalue weighted by Crippen LogP contribution is -2.39. The van der Waals surface area contributed by atoms with Gasteiger partial charge in [-0.15, -0.1) is 0 Å². The first-order valence-corrected chi connectivity index (χ1v) is 7.31. The van der Waals surface area contributed by atoms with Crippen molar-refractivity contribution in [2.24, 2.45) is 5.92 Å². The average molecular weight is 217 g/mol. The van der Waals surface area contributed by atoms with Gasteiger partial charge in [-0.2, -0.15) is 0 Å². The van der Waals surface area contributed by atoms with E-state index in [0.29, 0.717) is 6.04 Å². The quantitative estimate of drug-likeness (QED) is 0.762. The van der Waals surface area contributed by atoms with E-state index in [-0.39, 0.29) is 0 Å². The van der Waals surface area contributed by atoms with E-state index in [1.807, 2.05) is 6.92 Å². The molecule has 2 nitrogen and oxygen atoms in total. The van der Waals surface area contributed by atoms with E-state index >= 15 is 0 Å². The molecule has 1 fully saturated rings. The minimum absolute atomic E-state index is 0.605. The van der Waals surface area contributed by atoms with Crippen molar-refractivity contribution in [2.45, 2.75) is 45.6 Å². The summed E-state index contributed by atoms with van der Waals surface area (Å²) in [5.41, 5.74) is 0. The van der Waals surface area contributed by atoms with Crippen LogP contribution in [0, 0.1) is 5.92 Å². The molecule has 0 radical (unpaired) electrons. The van der Waals surface area contributed by atoms with Gasteiger partial charge in [-0.1, -0.05) is 26.7 Å². The lowest BCUT2D eigenvalue weighted by atomic mass is 9.86. The number of rotatable bonds is 5. The number of hydrogen-bond donors (Lipinski definition) is 1. The van der Waals surface area contributed by atoms with Crippen LogP contribution in [0.3, 0.4) is 0 Å². The van der Waals surface area contributed by atoms with E-state index in [9.17, 15) is 4.21 Å². The molecule has 1 aliphatic carbocycles. The Hall–Kier alpha value is 0.110. The standard InChI is InChI=1S/C11H23NOS/c1-3-14(13)9-8-12-11-7-5-4-6-10(11)2/h10-12H,3-9H2,1-2H3. The monoisotopic (exact) mass is 217 g/mol. The van der Waals surface area contributed by atoms with Gasteiger partial charge in [-0.25, -0.2) is 0 Å². The Bertz CT molecular complexity index is 184. The van der Waals surface area contributed by atoms with Gasteiger partial charge in [0.2, 0.25) is 0 Å². The van der Waals surface area contributed by atoms with Crippen LogP contribution in [0.15, 0.2) is 0 Å². The van der Waals surface area contributed by atoms with Gasteiger partial charge >= 0.3 is 0 Å². The zero-order valence-corrected chi connectivity index (χ0v) is 10.2. The molecule has 1 N–H and O–H groups in total. The minimum Gasteiger partial charge on any atom is -0.313 e. The second-order valence-electron chi connectivity index (χ2n) is 4.25. The molecule has 0 aliphatic heterocycles. The molecule has 0 heterocycles. The van der Waals surface area contributed by atoms with Crippen molar-refractivity contribution in [1.82, 2.24) is 5.32 Å². The van der Waals surface area contributed by atoms with E-state index in [1.165, 1.54) is 25.7 Å². The van der Waals surface area contributed by atoms with Crippen molar-refractivity contribution in [3.8, 4) is 0 Å². The fraction of sp³-hybridized carbons (Fsp3) is 1.00. The Morgan fingerprint density at radius 2 is 2.07 bits per heavy atom. The van der Waals surface area contributed by atoms with Crippen molar-refractivity contribution in [2.75, 3.05) is 18.1 Å². The first-order chi connectivity index (χ1) is 6.74. The highest BCUT2D eigenvalue weighted by Gasteiger charge is 2.20. The molecule has 3 atom stereocenters. The molecule has 1 aliphatic rings. The predicted molar refractivity (Wildman–Crippen MR) is 63.0 cm³/mol. The van der Waals surface area contributed by atoms with Crippen molar-refractivity contribution in [1.29, 1.82) is 0 Å². The van der Waals surface area contributed by atoms with E-state index in [4.69, 9.17) is 0 Å². The Kier molecular flexibility index (Phi) is 5.71. The summed E-state index contributed by atoms with van der Waals surface area (Å²) in [5.74, 6) is 2.42. The predicted octanol–water partition coefficient (Wildman–Crippen LogP) is 1.92. The van der Waals surface area contributed by atoms with E-state index in [2.05, 4.69) is 12.2 Å². The van der Waals surface area contributed by atoms with Gasteiger partial charge in [0, 0.05) is 34.9 Å². The molecule has 3 heteroatoms. The topological polar surface area (TPSA) is 29.1 Å². The summed E-state index contributed by atoms with van der Waals surface area (Å²) >= 11 is 0. The van der Waals surface area contributed by atoms with Crippen LogP contribution in [0.4, 0.5) is 0 Å². The molecule has 1 saturated carbocycles. The van der Waals surface area contributed by atoms with Gasteiger partial charge in [0.25, 0.3) is 0 Å². The first-order valence-electron chi connectivity index (χ1n) is 5.82. The lowest BCUT2D eigenvalue weighted by molar-refractivity contribution is 0.285. The molecule has 0 aromatic rings.